The summed E-state index contributed by atoms with van der Waals surface area (Å²) in [5, 5.41) is 12.7. The Morgan fingerprint density at radius 3 is 1.62 bits per heavy atom. The third-order valence-electron chi connectivity index (χ3n) is 4.81. The quantitative estimate of drug-likeness (QED) is 0.103. The molecule has 0 aromatic carbocycles. The van der Waals surface area contributed by atoms with E-state index in [9.17, 15) is 5.11 Å². The van der Waals surface area contributed by atoms with Gasteiger partial charge in [-0.15, -0.1) is 0 Å². The summed E-state index contributed by atoms with van der Waals surface area (Å²) in [6, 6.07) is 0. The summed E-state index contributed by atoms with van der Waals surface area (Å²) < 4.78 is 5.38. The van der Waals surface area contributed by atoms with Crippen molar-refractivity contribution in [1.29, 1.82) is 0 Å². The van der Waals surface area contributed by atoms with Crippen molar-refractivity contribution < 1.29 is 9.84 Å². The third kappa shape index (κ3) is 21.3. The molecule has 0 aromatic heterocycles. The number of aliphatic hydroxyl groups is 1. The molecule has 0 fully saturated rings. The number of unbranched alkanes of at least 4 members (excludes halogenated alkanes) is 15. The van der Waals surface area contributed by atoms with E-state index in [-0.39, 0.29) is 13.2 Å². The molecule has 0 spiro atoms. The van der Waals surface area contributed by atoms with Crippen LogP contribution < -0.4 is 0 Å². The normalized spacial score (nSPS) is 12.1. The van der Waals surface area contributed by atoms with Gasteiger partial charge in [0.2, 0.25) is 0 Å². The largest absolute Gasteiger partial charge is 0.391 e. The Bertz CT molecular complexity index is 320. The lowest BCUT2D eigenvalue weighted by Gasteiger charge is -2.08. The maximum absolute atomic E-state index is 9.43. The zero-order valence-electron chi connectivity index (χ0n) is 17.2. The summed E-state index contributed by atoms with van der Waals surface area (Å²) in [6.07, 6.45) is 21.1. The Labute approximate surface area is 161 Å². The fourth-order valence-corrected chi connectivity index (χ4v) is 3.16. The van der Waals surface area contributed by atoms with Crippen molar-refractivity contribution >= 4 is 0 Å². The van der Waals surface area contributed by atoms with E-state index < -0.39 is 6.10 Å². The van der Waals surface area contributed by atoms with Crippen molar-refractivity contribution in [2.75, 3.05) is 19.8 Å². The van der Waals surface area contributed by atoms with Crippen LogP contribution in [0.1, 0.15) is 110 Å². The van der Waals surface area contributed by atoms with Crippen molar-refractivity contribution in [3.05, 3.63) is 10.4 Å². The summed E-state index contributed by atoms with van der Waals surface area (Å²) in [5.41, 5.74) is 8.15. The predicted octanol–water partition coefficient (Wildman–Crippen LogP) is 6.94. The van der Waals surface area contributed by atoms with E-state index >= 15 is 0 Å². The molecule has 0 unspecified atom stereocenters. The second-order valence-corrected chi connectivity index (χ2v) is 7.45. The molecular formula is C21H43N3O2. The summed E-state index contributed by atoms with van der Waals surface area (Å²) >= 11 is 0. The maximum atomic E-state index is 9.43. The van der Waals surface area contributed by atoms with Gasteiger partial charge in [-0.25, -0.2) is 0 Å². The number of rotatable bonds is 21. The first-order valence-corrected chi connectivity index (χ1v) is 11.1. The van der Waals surface area contributed by atoms with Gasteiger partial charge in [0.1, 0.15) is 0 Å². The summed E-state index contributed by atoms with van der Waals surface area (Å²) in [5.74, 6) is 0. The fraction of sp³-hybridized carbons (Fsp3) is 1.00. The molecule has 0 rings (SSSR count). The first-order valence-electron chi connectivity index (χ1n) is 11.1. The molecule has 154 valence electrons. The van der Waals surface area contributed by atoms with E-state index in [2.05, 4.69) is 16.9 Å². The monoisotopic (exact) mass is 369 g/mol. The molecule has 0 aliphatic rings. The topological polar surface area (TPSA) is 78.2 Å². The molecule has 0 bridgehead atoms. The van der Waals surface area contributed by atoms with Crippen molar-refractivity contribution in [3.8, 4) is 0 Å². The van der Waals surface area contributed by atoms with Crippen LogP contribution in [0, 0.1) is 0 Å². The van der Waals surface area contributed by atoms with Gasteiger partial charge in [0, 0.05) is 11.5 Å². The maximum Gasteiger partial charge on any atom is 0.0829 e. The van der Waals surface area contributed by atoms with Gasteiger partial charge in [0.25, 0.3) is 0 Å². The van der Waals surface area contributed by atoms with Crippen molar-refractivity contribution in [2.45, 2.75) is 116 Å². The average molecular weight is 370 g/mol. The van der Waals surface area contributed by atoms with E-state index in [4.69, 9.17) is 10.3 Å². The highest BCUT2D eigenvalue weighted by atomic mass is 16.5. The third-order valence-corrected chi connectivity index (χ3v) is 4.81. The van der Waals surface area contributed by atoms with Crippen LogP contribution >= 0.6 is 0 Å². The van der Waals surface area contributed by atoms with Gasteiger partial charge in [0.05, 0.1) is 19.3 Å². The van der Waals surface area contributed by atoms with E-state index in [0.29, 0.717) is 6.61 Å². The minimum Gasteiger partial charge on any atom is -0.391 e. The first-order chi connectivity index (χ1) is 12.8. The molecule has 1 atom stereocenters. The summed E-state index contributed by atoms with van der Waals surface area (Å²) in [4.78, 5) is 2.62. The van der Waals surface area contributed by atoms with Gasteiger partial charge >= 0.3 is 0 Å². The Morgan fingerprint density at radius 2 is 1.19 bits per heavy atom. The van der Waals surface area contributed by atoms with Crippen LogP contribution in [0.3, 0.4) is 0 Å². The van der Waals surface area contributed by atoms with Gasteiger partial charge in [0.15, 0.2) is 0 Å². The predicted molar refractivity (Wildman–Crippen MR) is 110 cm³/mol. The number of hydrogen-bond acceptors (Lipinski definition) is 3. The molecule has 0 radical (unpaired) electrons. The van der Waals surface area contributed by atoms with Crippen LogP contribution in [-0.2, 0) is 4.74 Å². The summed E-state index contributed by atoms with van der Waals surface area (Å²) in [7, 11) is 0. The minimum atomic E-state index is -0.674. The molecule has 0 aromatic rings. The number of nitrogens with zero attached hydrogens (tertiary/aromatic N) is 3. The Balaban J connectivity index is 3.06. The van der Waals surface area contributed by atoms with Gasteiger partial charge in [-0.2, -0.15) is 0 Å². The van der Waals surface area contributed by atoms with Gasteiger partial charge < -0.3 is 9.84 Å². The van der Waals surface area contributed by atoms with E-state index in [1.165, 1.54) is 96.3 Å². The molecule has 5 heteroatoms. The fourth-order valence-electron chi connectivity index (χ4n) is 3.16. The molecule has 26 heavy (non-hydrogen) atoms. The molecule has 0 heterocycles. The highest BCUT2D eigenvalue weighted by Crippen LogP contribution is 2.13. The lowest BCUT2D eigenvalue weighted by atomic mass is 10.0. The highest BCUT2D eigenvalue weighted by Gasteiger charge is 2.01. The standard InChI is InChI=1S/C21H43N3O2/c1-2-3-4-5-6-7-8-9-10-11-12-13-14-15-16-17-18-26-20-21(25)19-23-24-22/h21,25H,2-20H2,1H3/t21-/m1/s1. The lowest BCUT2D eigenvalue weighted by molar-refractivity contribution is 0.0397. The van der Waals surface area contributed by atoms with Gasteiger partial charge in [-0.3, -0.25) is 0 Å². The molecule has 5 nitrogen and oxygen atoms in total. The summed E-state index contributed by atoms with van der Waals surface area (Å²) in [6.45, 7) is 3.32. The Hall–Kier alpha value is -0.770. The zero-order chi connectivity index (χ0) is 19.1. The Kier molecular flexibility index (Phi) is 21.6. The molecule has 1 N–H and O–H groups in total. The van der Waals surface area contributed by atoms with E-state index in [1.54, 1.807) is 0 Å². The van der Waals surface area contributed by atoms with Crippen LogP contribution in [0.2, 0.25) is 0 Å². The van der Waals surface area contributed by atoms with Crippen LogP contribution in [-0.4, -0.2) is 31.0 Å². The minimum absolute atomic E-state index is 0.0927. The van der Waals surface area contributed by atoms with Crippen LogP contribution in [0.15, 0.2) is 5.11 Å². The number of ether oxygens (including phenoxy) is 1. The first kappa shape index (κ1) is 25.2. The SMILES string of the molecule is CCCCCCCCCCCCCCCCCCOC[C@H](O)CN=[N+]=[N-]. The van der Waals surface area contributed by atoms with Crippen molar-refractivity contribution in [3.63, 3.8) is 0 Å². The number of aliphatic hydroxyl groups excluding tert-OH is 1. The highest BCUT2D eigenvalue weighted by molar-refractivity contribution is 4.58. The van der Waals surface area contributed by atoms with Crippen molar-refractivity contribution in [1.82, 2.24) is 0 Å². The molecule has 0 aliphatic carbocycles. The second-order valence-electron chi connectivity index (χ2n) is 7.45. The van der Waals surface area contributed by atoms with E-state index in [1.807, 2.05) is 0 Å². The second kappa shape index (κ2) is 22.3. The van der Waals surface area contributed by atoms with E-state index in [0.717, 1.165) is 6.42 Å². The van der Waals surface area contributed by atoms with Gasteiger partial charge in [-0.05, 0) is 12.0 Å². The van der Waals surface area contributed by atoms with Crippen LogP contribution in [0.4, 0.5) is 0 Å². The number of azide groups is 1. The van der Waals surface area contributed by atoms with Gasteiger partial charge in [-0.1, -0.05) is 108 Å². The Morgan fingerprint density at radius 1 is 0.769 bits per heavy atom. The average Bonchev–Trinajstić information content (AvgIpc) is 2.65. The lowest BCUT2D eigenvalue weighted by Crippen LogP contribution is -2.18. The molecule has 0 saturated heterocycles. The zero-order valence-corrected chi connectivity index (χ0v) is 17.2. The molecule has 0 saturated carbocycles. The molecule has 0 aliphatic heterocycles. The molecule has 0 amide bonds. The van der Waals surface area contributed by atoms with Crippen LogP contribution in [0.5, 0.6) is 0 Å². The number of hydrogen-bond donors (Lipinski definition) is 1. The molecular weight excluding hydrogens is 326 g/mol. The van der Waals surface area contributed by atoms with Crippen molar-refractivity contribution in [2.24, 2.45) is 5.11 Å². The smallest absolute Gasteiger partial charge is 0.0829 e. The van der Waals surface area contributed by atoms with Crippen LogP contribution in [0.25, 0.3) is 10.4 Å².